The van der Waals surface area contributed by atoms with Crippen molar-refractivity contribution in [3.63, 3.8) is 0 Å². The Balaban J connectivity index is 1.34. The van der Waals surface area contributed by atoms with E-state index >= 15 is 0 Å². The molecule has 1 aliphatic carbocycles. The summed E-state index contributed by atoms with van der Waals surface area (Å²) in [6.45, 7) is 4.52. The maximum Gasteiger partial charge on any atom is 0.246 e. The van der Waals surface area contributed by atoms with Crippen LogP contribution in [0.1, 0.15) is 38.7 Å². The Kier molecular flexibility index (Phi) is 7.18. The average molecular weight is 583 g/mol. The molecule has 40 heavy (non-hydrogen) atoms. The van der Waals surface area contributed by atoms with Gasteiger partial charge in [0.05, 0.1) is 17.9 Å². The first-order chi connectivity index (χ1) is 19.2. The number of amides is 3. The van der Waals surface area contributed by atoms with Crippen molar-refractivity contribution in [1.29, 1.82) is 0 Å². The van der Waals surface area contributed by atoms with Gasteiger partial charge in [0.25, 0.3) is 0 Å². The van der Waals surface area contributed by atoms with Crippen LogP contribution in [-0.4, -0.2) is 46.4 Å². The summed E-state index contributed by atoms with van der Waals surface area (Å²) >= 11 is 12.6. The number of carbonyl (C=O) groups is 3. The van der Waals surface area contributed by atoms with Crippen LogP contribution in [0.3, 0.4) is 0 Å². The Hall–Kier alpha value is -2.87. The van der Waals surface area contributed by atoms with Crippen molar-refractivity contribution in [2.75, 3.05) is 5.32 Å². The van der Waals surface area contributed by atoms with Crippen LogP contribution in [0.4, 0.5) is 5.69 Å². The molecule has 3 heterocycles. The predicted molar refractivity (Wildman–Crippen MR) is 154 cm³/mol. The highest BCUT2D eigenvalue weighted by molar-refractivity contribution is 6.31. The number of likely N-dealkylation sites (tertiary alicyclic amines) is 1. The highest BCUT2D eigenvalue weighted by atomic mass is 35.5. The van der Waals surface area contributed by atoms with Crippen LogP contribution in [0.2, 0.25) is 10.0 Å². The zero-order valence-electron chi connectivity index (χ0n) is 22.5. The molecule has 0 radical (unpaired) electrons. The van der Waals surface area contributed by atoms with Gasteiger partial charge in [-0.3, -0.25) is 14.4 Å². The summed E-state index contributed by atoms with van der Waals surface area (Å²) in [6, 6.07) is 13.2. The van der Waals surface area contributed by atoms with E-state index in [9.17, 15) is 14.4 Å². The van der Waals surface area contributed by atoms with Crippen LogP contribution < -0.4 is 10.6 Å². The molecular formula is C31H33Cl2N3O4. The van der Waals surface area contributed by atoms with E-state index in [4.69, 9.17) is 27.9 Å². The summed E-state index contributed by atoms with van der Waals surface area (Å²) < 4.78 is 6.46. The number of rotatable bonds is 6. The second-order valence-electron chi connectivity index (χ2n) is 11.6. The summed E-state index contributed by atoms with van der Waals surface area (Å²) in [6.07, 6.45) is 6.10. The molecule has 7 nitrogen and oxygen atoms in total. The first-order valence-corrected chi connectivity index (χ1v) is 14.7. The third kappa shape index (κ3) is 4.52. The first-order valence-electron chi connectivity index (χ1n) is 14.0. The van der Waals surface area contributed by atoms with E-state index in [0.717, 1.165) is 24.8 Å². The molecule has 0 aromatic heterocycles. The van der Waals surface area contributed by atoms with Gasteiger partial charge in [-0.05, 0) is 48.1 Å². The minimum Gasteiger partial charge on any atom is -0.359 e. The Labute approximate surface area is 244 Å². The Morgan fingerprint density at radius 2 is 1.88 bits per heavy atom. The van der Waals surface area contributed by atoms with Gasteiger partial charge in [-0.15, -0.1) is 0 Å². The van der Waals surface area contributed by atoms with E-state index in [1.54, 1.807) is 35.2 Å². The van der Waals surface area contributed by atoms with Crippen LogP contribution in [0.5, 0.6) is 0 Å². The quantitative estimate of drug-likeness (QED) is 0.457. The SMILES string of the molecule is C[C@H]1[C@H](C)CCC[C@@H]1NC(=O)[C@@H]1N(Cc2ccccc2Cl)C(=O)[C@@H]2[C@@H](C(=O)Nc3cccc(Cl)c3)[C@@H]3C=C[C@]21O3. The van der Waals surface area contributed by atoms with Crippen molar-refractivity contribution in [2.24, 2.45) is 23.7 Å². The second kappa shape index (κ2) is 10.5. The van der Waals surface area contributed by atoms with E-state index < -0.39 is 29.6 Å². The monoisotopic (exact) mass is 581 g/mol. The molecule has 2 saturated heterocycles. The fourth-order valence-corrected chi connectivity index (χ4v) is 7.47. The third-order valence-corrected chi connectivity index (χ3v) is 9.95. The van der Waals surface area contributed by atoms with Gasteiger partial charge in [-0.2, -0.15) is 0 Å². The molecule has 1 spiro atoms. The largest absolute Gasteiger partial charge is 0.359 e. The van der Waals surface area contributed by atoms with Gasteiger partial charge in [0.15, 0.2) is 0 Å². The van der Waals surface area contributed by atoms with Crippen molar-refractivity contribution < 1.29 is 19.1 Å². The molecule has 6 rings (SSSR count). The summed E-state index contributed by atoms with van der Waals surface area (Å²) in [7, 11) is 0. The van der Waals surface area contributed by atoms with Crippen molar-refractivity contribution in [3.05, 3.63) is 76.3 Å². The van der Waals surface area contributed by atoms with Crippen molar-refractivity contribution >= 4 is 46.6 Å². The van der Waals surface area contributed by atoms with Crippen molar-refractivity contribution in [1.82, 2.24) is 10.2 Å². The van der Waals surface area contributed by atoms with Crippen LogP contribution >= 0.6 is 23.2 Å². The zero-order chi connectivity index (χ0) is 28.2. The van der Waals surface area contributed by atoms with Crippen LogP contribution in [-0.2, 0) is 25.7 Å². The number of nitrogens with zero attached hydrogens (tertiary/aromatic N) is 1. The third-order valence-electron chi connectivity index (χ3n) is 9.35. The topological polar surface area (TPSA) is 87.7 Å². The maximum atomic E-state index is 14.2. The lowest BCUT2D eigenvalue weighted by Gasteiger charge is -2.38. The number of anilines is 1. The molecule has 0 unspecified atom stereocenters. The summed E-state index contributed by atoms with van der Waals surface area (Å²) in [5.41, 5.74) is 0.0172. The molecule has 2 bridgehead atoms. The molecule has 3 fully saturated rings. The minimum atomic E-state index is -1.24. The standard InChI is InChI=1S/C31H33Cl2N3O4/c1-17-7-5-12-23(18(17)2)35-29(38)27-31-14-13-24(40-31)25(28(37)34-21-10-6-9-20(32)15-21)26(31)30(39)36(27)16-19-8-3-4-11-22(19)33/h3-4,6,8-11,13-15,17-18,23-27H,5,7,12,16H2,1-2H3,(H,34,37)(H,35,38)/t17-,18+,23+,24+,25+,26+,27+,31+/m1/s1. The van der Waals surface area contributed by atoms with Crippen LogP contribution in [0, 0.1) is 23.7 Å². The van der Waals surface area contributed by atoms with E-state index in [1.165, 1.54) is 0 Å². The Bertz CT molecular complexity index is 1380. The van der Waals surface area contributed by atoms with E-state index in [1.807, 2.05) is 30.4 Å². The number of ether oxygens (including phenoxy) is 1. The molecule has 4 aliphatic rings. The zero-order valence-corrected chi connectivity index (χ0v) is 24.0. The number of halogens is 2. The lowest BCUT2D eigenvalue weighted by atomic mass is 9.73. The normalized spacial score (nSPS) is 34.1. The highest BCUT2D eigenvalue weighted by Gasteiger charge is 2.72. The summed E-state index contributed by atoms with van der Waals surface area (Å²) in [5.74, 6) is -1.72. The molecular weight excluding hydrogens is 549 g/mol. The predicted octanol–water partition coefficient (Wildman–Crippen LogP) is 5.22. The molecule has 8 atom stereocenters. The lowest BCUT2D eigenvalue weighted by molar-refractivity contribution is -0.142. The molecule has 2 aromatic rings. The highest BCUT2D eigenvalue weighted by Crippen LogP contribution is 2.55. The van der Waals surface area contributed by atoms with E-state index in [2.05, 4.69) is 24.5 Å². The van der Waals surface area contributed by atoms with Gasteiger partial charge >= 0.3 is 0 Å². The van der Waals surface area contributed by atoms with Gasteiger partial charge in [0.2, 0.25) is 17.7 Å². The Morgan fingerprint density at radius 3 is 2.65 bits per heavy atom. The summed E-state index contributed by atoms with van der Waals surface area (Å²) in [4.78, 5) is 43.6. The van der Waals surface area contributed by atoms with Gasteiger partial charge in [-0.1, -0.05) is 86.3 Å². The van der Waals surface area contributed by atoms with Crippen LogP contribution in [0.25, 0.3) is 0 Å². The Morgan fingerprint density at radius 1 is 1.07 bits per heavy atom. The minimum absolute atomic E-state index is 0.00785. The van der Waals surface area contributed by atoms with Gasteiger partial charge in [0, 0.05) is 28.3 Å². The van der Waals surface area contributed by atoms with Gasteiger partial charge < -0.3 is 20.3 Å². The van der Waals surface area contributed by atoms with Crippen molar-refractivity contribution in [2.45, 2.75) is 63.4 Å². The smallest absolute Gasteiger partial charge is 0.246 e. The van der Waals surface area contributed by atoms with E-state index in [0.29, 0.717) is 27.6 Å². The molecule has 210 valence electrons. The molecule has 2 aromatic carbocycles. The number of nitrogens with one attached hydrogen (secondary N) is 2. The maximum absolute atomic E-state index is 14.2. The lowest BCUT2D eigenvalue weighted by Crippen LogP contribution is -2.57. The van der Waals surface area contributed by atoms with Crippen molar-refractivity contribution in [3.8, 4) is 0 Å². The number of carbonyl (C=O) groups excluding carboxylic acids is 3. The number of hydrogen-bond acceptors (Lipinski definition) is 4. The number of benzene rings is 2. The number of hydrogen-bond donors (Lipinski definition) is 2. The molecule has 9 heteroatoms. The first kappa shape index (κ1) is 27.3. The molecule has 3 aliphatic heterocycles. The van der Waals surface area contributed by atoms with Crippen LogP contribution in [0.15, 0.2) is 60.7 Å². The average Bonchev–Trinajstić information content (AvgIpc) is 3.55. The second-order valence-corrected chi connectivity index (χ2v) is 12.5. The molecule has 1 saturated carbocycles. The number of fused-ring (bicyclic) bond motifs is 1. The van der Waals surface area contributed by atoms with Gasteiger partial charge in [-0.25, -0.2) is 0 Å². The van der Waals surface area contributed by atoms with Gasteiger partial charge in [0.1, 0.15) is 11.6 Å². The molecule has 2 N–H and O–H groups in total. The summed E-state index contributed by atoms with van der Waals surface area (Å²) in [5, 5.41) is 7.18. The molecule has 3 amide bonds. The van der Waals surface area contributed by atoms with E-state index in [-0.39, 0.29) is 30.3 Å². The fourth-order valence-electron chi connectivity index (χ4n) is 7.09. The fraction of sp³-hybridized carbons (Fsp3) is 0.452.